The molecule has 0 aliphatic rings. The standard InChI is InChI=1S/C11H20N2S/c1-3-13-9-8-12-11(13)7-5-6-10-14-4-2/h8-9H,3-7,10H2,1-2H3/p+1. The van der Waals surface area contributed by atoms with E-state index in [1.54, 1.807) is 0 Å². The van der Waals surface area contributed by atoms with Crippen LogP contribution in [0.2, 0.25) is 0 Å². The van der Waals surface area contributed by atoms with Crippen LogP contribution in [-0.4, -0.2) is 16.5 Å². The maximum atomic E-state index is 3.30. The highest BCUT2D eigenvalue weighted by Gasteiger charge is 2.07. The fraction of sp³-hybridized carbons (Fsp3) is 0.727. The predicted octanol–water partition coefficient (Wildman–Crippen LogP) is 2.40. The van der Waals surface area contributed by atoms with Gasteiger partial charge in [-0.25, -0.2) is 9.55 Å². The number of hydrogen-bond donors (Lipinski definition) is 1. The molecule has 1 heterocycles. The van der Waals surface area contributed by atoms with E-state index in [2.05, 4.69) is 29.6 Å². The quantitative estimate of drug-likeness (QED) is 0.544. The second-order valence-corrected chi connectivity index (χ2v) is 4.74. The number of aryl methyl sites for hydroxylation is 2. The van der Waals surface area contributed by atoms with E-state index in [1.165, 1.54) is 36.6 Å². The van der Waals surface area contributed by atoms with Crippen LogP contribution in [0.15, 0.2) is 12.4 Å². The summed E-state index contributed by atoms with van der Waals surface area (Å²) in [4.78, 5) is 3.30. The molecule has 0 atom stereocenters. The molecule has 1 N–H and O–H groups in total. The molecule has 0 aliphatic heterocycles. The van der Waals surface area contributed by atoms with Crippen molar-refractivity contribution in [2.24, 2.45) is 0 Å². The summed E-state index contributed by atoms with van der Waals surface area (Å²) >= 11 is 2.04. The van der Waals surface area contributed by atoms with Crippen LogP contribution < -0.4 is 4.57 Å². The number of hydrogen-bond acceptors (Lipinski definition) is 1. The van der Waals surface area contributed by atoms with Crippen LogP contribution in [0.1, 0.15) is 32.5 Å². The molecule has 1 aromatic heterocycles. The zero-order valence-corrected chi connectivity index (χ0v) is 10.1. The van der Waals surface area contributed by atoms with Crippen LogP contribution in [0.3, 0.4) is 0 Å². The van der Waals surface area contributed by atoms with Gasteiger partial charge in [0.05, 0.1) is 6.54 Å². The van der Waals surface area contributed by atoms with E-state index >= 15 is 0 Å². The van der Waals surface area contributed by atoms with Gasteiger partial charge in [0.2, 0.25) is 0 Å². The van der Waals surface area contributed by atoms with Crippen molar-refractivity contribution in [3.63, 3.8) is 0 Å². The highest BCUT2D eigenvalue weighted by Crippen LogP contribution is 2.05. The largest absolute Gasteiger partial charge is 0.254 e. The Bertz CT molecular complexity index is 245. The van der Waals surface area contributed by atoms with Gasteiger partial charge in [-0.1, -0.05) is 6.92 Å². The average Bonchev–Trinajstić information content (AvgIpc) is 2.65. The van der Waals surface area contributed by atoms with Gasteiger partial charge < -0.3 is 0 Å². The first-order valence-electron chi connectivity index (χ1n) is 5.52. The Balaban J connectivity index is 2.17. The van der Waals surface area contributed by atoms with E-state index in [0.717, 1.165) is 6.54 Å². The van der Waals surface area contributed by atoms with Gasteiger partial charge in [0.15, 0.2) is 0 Å². The van der Waals surface area contributed by atoms with Gasteiger partial charge in [-0.3, -0.25) is 0 Å². The molecule has 1 rings (SSSR count). The van der Waals surface area contributed by atoms with Gasteiger partial charge >= 0.3 is 0 Å². The molecule has 80 valence electrons. The molecule has 0 bridgehead atoms. The zero-order chi connectivity index (χ0) is 10.2. The van der Waals surface area contributed by atoms with E-state index in [9.17, 15) is 0 Å². The molecule has 0 spiro atoms. The molecule has 2 nitrogen and oxygen atoms in total. The van der Waals surface area contributed by atoms with Gasteiger partial charge in [0.1, 0.15) is 12.4 Å². The monoisotopic (exact) mass is 213 g/mol. The lowest BCUT2D eigenvalue weighted by Crippen LogP contribution is -2.34. The summed E-state index contributed by atoms with van der Waals surface area (Å²) in [5, 5.41) is 0. The molecule has 0 saturated carbocycles. The van der Waals surface area contributed by atoms with Crippen LogP contribution in [0.5, 0.6) is 0 Å². The third-order valence-electron chi connectivity index (χ3n) is 2.35. The lowest BCUT2D eigenvalue weighted by Gasteiger charge is -1.98. The minimum absolute atomic E-state index is 1.07. The van der Waals surface area contributed by atoms with Crippen molar-refractivity contribution in [3.8, 4) is 0 Å². The minimum Gasteiger partial charge on any atom is -0.248 e. The second-order valence-electron chi connectivity index (χ2n) is 3.35. The first-order chi connectivity index (χ1) is 6.88. The predicted molar refractivity (Wildman–Crippen MR) is 62.6 cm³/mol. The first-order valence-corrected chi connectivity index (χ1v) is 6.67. The summed E-state index contributed by atoms with van der Waals surface area (Å²) < 4.78 is 2.28. The van der Waals surface area contributed by atoms with Gasteiger partial charge in [0, 0.05) is 6.42 Å². The number of rotatable bonds is 7. The van der Waals surface area contributed by atoms with Gasteiger partial charge in [-0.2, -0.15) is 11.8 Å². The van der Waals surface area contributed by atoms with Crippen molar-refractivity contribution in [1.29, 1.82) is 0 Å². The molecule has 1 aromatic rings. The van der Waals surface area contributed by atoms with Gasteiger partial charge in [-0.15, -0.1) is 0 Å². The molecule has 0 fully saturated rings. The van der Waals surface area contributed by atoms with Crippen molar-refractivity contribution >= 4 is 11.8 Å². The lowest BCUT2D eigenvalue weighted by atomic mass is 10.2. The van der Waals surface area contributed by atoms with E-state index < -0.39 is 0 Å². The topological polar surface area (TPSA) is 19.7 Å². The molecule has 0 unspecified atom stereocenters. The lowest BCUT2D eigenvalue weighted by molar-refractivity contribution is -0.699. The number of nitrogens with one attached hydrogen (secondary N) is 1. The third kappa shape index (κ3) is 3.74. The molecule has 0 saturated heterocycles. The maximum absolute atomic E-state index is 3.30. The summed E-state index contributed by atoms with van der Waals surface area (Å²) in [7, 11) is 0. The maximum Gasteiger partial charge on any atom is 0.254 e. The Morgan fingerprint density at radius 1 is 1.36 bits per heavy atom. The summed E-state index contributed by atoms with van der Waals surface area (Å²) in [6, 6.07) is 0. The highest BCUT2D eigenvalue weighted by atomic mass is 32.2. The molecular formula is C11H21N2S+. The van der Waals surface area contributed by atoms with Crippen LogP contribution in [-0.2, 0) is 13.0 Å². The zero-order valence-electron chi connectivity index (χ0n) is 9.25. The van der Waals surface area contributed by atoms with E-state index in [0.29, 0.717) is 0 Å². The molecule has 0 radical (unpaired) electrons. The van der Waals surface area contributed by atoms with Crippen LogP contribution >= 0.6 is 11.8 Å². The van der Waals surface area contributed by atoms with Crippen molar-refractivity contribution < 1.29 is 4.57 Å². The van der Waals surface area contributed by atoms with Crippen LogP contribution in [0, 0.1) is 0 Å². The Morgan fingerprint density at radius 3 is 2.93 bits per heavy atom. The third-order valence-corrected chi connectivity index (χ3v) is 3.33. The Kier molecular flexibility index (Phi) is 5.76. The summed E-state index contributed by atoms with van der Waals surface area (Å²) in [5.74, 6) is 3.93. The Morgan fingerprint density at radius 2 is 2.21 bits per heavy atom. The minimum atomic E-state index is 1.07. The molecular weight excluding hydrogens is 192 g/mol. The number of thioether (sulfide) groups is 1. The summed E-state index contributed by atoms with van der Waals surface area (Å²) in [5.41, 5.74) is 0. The van der Waals surface area contributed by atoms with Gasteiger partial charge in [0.25, 0.3) is 5.82 Å². The first kappa shape index (κ1) is 11.6. The van der Waals surface area contributed by atoms with Crippen LogP contribution in [0.25, 0.3) is 0 Å². The fourth-order valence-corrected chi connectivity index (χ4v) is 2.25. The Hall–Kier alpha value is -0.440. The van der Waals surface area contributed by atoms with Crippen molar-refractivity contribution in [2.45, 2.75) is 39.7 Å². The number of unbranched alkanes of at least 4 members (excludes halogenated alkanes) is 1. The Labute approximate surface area is 91.1 Å². The molecule has 0 aromatic carbocycles. The highest BCUT2D eigenvalue weighted by molar-refractivity contribution is 7.99. The molecule has 0 aliphatic carbocycles. The molecule has 3 heteroatoms. The number of aromatic amines is 1. The smallest absolute Gasteiger partial charge is 0.248 e. The van der Waals surface area contributed by atoms with Gasteiger partial charge in [-0.05, 0) is 31.3 Å². The number of aromatic nitrogens is 2. The van der Waals surface area contributed by atoms with Crippen molar-refractivity contribution in [3.05, 3.63) is 18.2 Å². The molecule has 0 amide bonds. The number of H-pyrrole nitrogens is 1. The van der Waals surface area contributed by atoms with E-state index in [-0.39, 0.29) is 0 Å². The second kappa shape index (κ2) is 6.93. The fourth-order valence-electron chi connectivity index (χ4n) is 1.55. The average molecular weight is 213 g/mol. The SMILES string of the molecule is CCSCCCCc1[nH]cc[n+]1CC. The van der Waals surface area contributed by atoms with Crippen LogP contribution in [0.4, 0.5) is 0 Å². The summed E-state index contributed by atoms with van der Waals surface area (Å²) in [6.07, 6.45) is 7.97. The number of imidazole rings is 1. The van der Waals surface area contributed by atoms with E-state index in [1.807, 2.05) is 18.0 Å². The van der Waals surface area contributed by atoms with E-state index in [4.69, 9.17) is 0 Å². The normalized spacial score (nSPS) is 10.7. The van der Waals surface area contributed by atoms with Crippen molar-refractivity contribution in [2.75, 3.05) is 11.5 Å². The summed E-state index contributed by atoms with van der Waals surface area (Å²) in [6.45, 7) is 5.48. The number of nitrogens with zero attached hydrogens (tertiary/aromatic N) is 1. The van der Waals surface area contributed by atoms with Crippen molar-refractivity contribution in [1.82, 2.24) is 4.98 Å². The molecule has 14 heavy (non-hydrogen) atoms.